The number of nitrogens with one attached hydrogen (secondary N) is 1. The maximum atomic E-state index is 11.2. The summed E-state index contributed by atoms with van der Waals surface area (Å²) in [6.07, 6.45) is 8.01. The highest BCUT2D eigenvalue weighted by atomic mass is 32.2. The number of nitrogens with two attached hydrogens (primary N) is 1. The molecular weight excluding hydrogens is 282 g/mol. The molecule has 4 nitrogen and oxygen atoms in total. The Labute approximate surface area is 129 Å². The number of guanidine groups is 1. The summed E-state index contributed by atoms with van der Waals surface area (Å²) in [4.78, 5) is 4.40. The van der Waals surface area contributed by atoms with Gasteiger partial charge in [-0.1, -0.05) is 43.5 Å². The van der Waals surface area contributed by atoms with Crippen molar-refractivity contribution < 1.29 is 4.21 Å². The summed E-state index contributed by atoms with van der Waals surface area (Å²) in [6, 6.07) is 8.57. The first-order chi connectivity index (χ1) is 10.1. The zero-order chi connectivity index (χ0) is 15.1. The number of rotatable bonds is 5. The van der Waals surface area contributed by atoms with Crippen molar-refractivity contribution in [2.24, 2.45) is 10.7 Å². The zero-order valence-corrected chi connectivity index (χ0v) is 13.5. The van der Waals surface area contributed by atoms with E-state index < -0.39 is 10.8 Å². The van der Waals surface area contributed by atoms with Crippen LogP contribution in [0.4, 0.5) is 0 Å². The van der Waals surface area contributed by atoms with Gasteiger partial charge in [-0.15, -0.1) is 0 Å². The van der Waals surface area contributed by atoms with Crippen LogP contribution in [-0.2, 0) is 23.1 Å². The number of hydrogen-bond donors (Lipinski definition) is 2. The van der Waals surface area contributed by atoms with Crippen LogP contribution < -0.4 is 11.1 Å². The first-order valence-electron chi connectivity index (χ1n) is 7.58. The molecule has 116 valence electrons. The van der Waals surface area contributed by atoms with Crippen LogP contribution in [0.15, 0.2) is 29.3 Å². The third-order valence-electron chi connectivity index (χ3n) is 3.78. The fourth-order valence-corrected chi connectivity index (χ4v) is 3.32. The Bertz CT molecular complexity index is 493. The van der Waals surface area contributed by atoms with E-state index in [4.69, 9.17) is 5.73 Å². The van der Waals surface area contributed by atoms with Gasteiger partial charge in [0.2, 0.25) is 0 Å². The van der Waals surface area contributed by atoms with Crippen LogP contribution in [0, 0.1) is 0 Å². The van der Waals surface area contributed by atoms with Crippen molar-refractivity contribution in [1.82, 2.24) is 5.32 Å². The molecule has 1 unspecified atom stereocenters. The Morgan fingerprint density at radius 2 is 1.86 bits per heavy atom. The van der Waals surface area contributed by atoms with Crippen LogP contribution in [0.3, 0.4) is 0 Å². The molecule has 1 aliphatic rings. The summed E-state index contributed by atoms with van der Waals surface area (Å²) in [7, 11) is -0.796. The van der Waals surface area contributed by atoms with Crippen molar-refractivity contribution >= 4 is 16.8 Å². The summed E-state index contributed by atoms with van der Waals surface area (Å²) in [6.45, 7) is 0.584. The van der Waals surface area contributed by atoms with E-state index in [0.29, 0.717) is 24.3 Å². The molecule has 21 heavy (non-hydrogen) atoms. The van der Waals surface area contributed by atoms with Crippen molar-refractivity contribution in [3.8, 4) is 0 Å². The lowest BCUT2D eigenvalue weighted by atomic mass is 9.96. The highest BCUT2D eigenvalue weighted by molar-refractivity contribution is 7.83. The molecule has 1 fully saturated rings. The van der Waals surface area contributed by atoms with E-state index in [9.17, 15) is 4.21 Å². The fourth-order valence-electron chi connectivity index (χ4n) is 2.65. The molecule has 0 bridgehead atoms. The van der Waals surface area contributed by atoms with Gasteiger partial charge in [0.05, 0.1) is 6.54 Å². The van der Waals surface area contributed by atoms with E-state index in [0.717, 1.165) is 11.1 Å². The smallest absolute Gasteiger partial charge is 0.189 e. The van der Waals surface area contributed by atoms with E-state index in [1.165, 1.54) is 32.1 Å². The largest absolute Gasteiger partial charge is 0.370 e. The van der Waals surface area contributed by atoms with E-state index in [1.807, 2.05) is 24.3 Å². The molecule has 0 radical (unpaired) electrons. The van der Waals surface area contributed by atoms with Crippen molar-refractivity contribution in [2.75, 3.05) is 6.26 Å². The first-order valence-corrected chi connectivity index (χ1v) is 9.30. The van der Waals surface area contributed by atoms with Crippen molar-refractivity contribution in [3.63, 3.8) is 0 Å². The molecule has 1 aromatic carbocycles. The molecule has 0 amide bonds. The number of nitrogens with zero attached hydrogens (tertiary/aromatic N) is 1. The molecule has 0 aliphatic heterocycles. The molecule has 0 aromatic heterocycles. The minimum absolute atomic E-state index is 0.490. The highest BCUT2D eigenvalue weighted by Gasteiger charge is 2.13. The van der Waals surface area contributed by atoms with E-state index in [1.54, 1.807) is 6.26 Å². The molecule has 1 aliphatic carbocycles. The van der Waals surface area contributed by atoms with Gasteiger partial charge in [0.1, 0.15) is 0 Å². The second-order valence-corrected chi connectivity index (χ2v) is 7.15. The molecule has 1 atom stereocenters. The molecule has 0 spiro atoms. The number of aliphatic imine (C=N–C) groups is 1. The molecule has 1 aromatic rings. The first kappa shape index (κ1) is 16.0. The van der Waals surface area contributed by atoms with Gasteiger partial charge in [-0.05, 0) is 24.0 Å². The average molecular weight is 307 g/mol. The molecule has 5 heteroatoms. The summed E-state index contributed by atoms with van der Waals surface area (Å²) in [5.41, 5.74) is 8.16. The van der Waals surface area contributed by atoms with Crippen LogP contribution in [0.1, 0.15) is 43.2 Å². The normalized spacial score (nSPS) is 18.4. The lowest BCUT2D eigenvalue weighted by Crippen LogP contribution is -2.41. The molecular formula is C16H25N3OS. The standard InChI is InChI=1S/C16H25N3OS/c1-21(20)12-14-9-7-13(8-10-14)11-18-16(17)19-15-5-3-2-4-6-15/h7-10,15H,2-6,11-12H2,1H3,(H3,17,18,19). The molecule has 0 saturated heterocycles. The predicted molar refractivity (Wildman–Crippen MR) is 89.5 cm³/mol. The van der Waals surface area contributed by atoms with Gasteiger partial charge in [0, 0.05) is 28.9 Å². The molecule has 0 heterocycles. The van der Waals surface area contributed by atoms with Crippen LogP contribution in [-0.4, -0.2) is 22.5 Å². The number of hydrogen-bond acceptors (Lipinski definition) is 2. The third-order valence-corrected chi connectivity index (χ3v) is 4.52. The Balaban J connectivity index is 1.82. The number of benzene rings is 1. The second kappa shape index (κ2) is 8.17. The Hall–Kier alpha value is -1.36. The van der Waals surface area contributed by atoms with Gasteiger partial charge >= 0.3 is 0 Å². The highest BCUT2D eigenvalue weighted by Crippen LogP contribution is 2.17. The van der Waals surface area contributed by atoms with Crippen LogP contribution in [0.5, 0.6) is 0 Å². The predicted octanol–water partition coefficient (Wildman–Crippen LogP) is 2.30. The summed E-state index contributed by atoms with van der Waals surface area (Å²) in [5.74, 6) is 1.15. The third kappa shape index (κ3) is 5.87. The topological polar surface area (TPSA) is 67.5 Å². The zero-order valence-electron chi connectivity index (χ0n) is 12.7. The maximum absolute atomic E-state index is 11.2. The minimum atomic E-state index is -0.796. The summed E-state index contributed by atoms with van der Waals surface area (Å²) in [5, 5.41) is 3.31. The lowest BCUT2D eigenvalue weighted by Gasteiger charge is -2.23. The van der Waals surface area contributed by atoms with Gasteiger partial charge in [-0.2, -0.15) is 0 Å². The quantitative estimate of drug-likeness (QED) is 0.648. The molecule has 2 rings (SSSR count). The molecule has 1 saturated carbocycles. The maximum Gasteiger partial charge on any atom is 0.189 e. The van der Waals surface area contributed by atoms with Crippen molar-refractivity contribution in [1.29, 1.82) is 0 Å². The van der Waals surface area contributed by atoms with Gasteiger partial charge in [-0.3, -0.25) is 4.21 Å². The summed E-state index contributed by atoms with van der Waals surface area (Å²) >= 11 is 0. The van der Waals surface area contributed by atoms with Crippen LogP contribution in [0.2, 0.25) is 0 Å². The Morgan fingerprint density at radius 3 is 2.48 bits per heavy atom. The Kier molecular flexibility index (Phi) is 6.23. The lowest BCUT2D eigenvalue weighted by molar-refractivity contribution is 0.412. The van der Waals surface area contributed by atoms with Crippen LogP contribution >= 0.6 is 0 Å². The van der Waals surface area contributed by atoms with Gasteiger partial charge in [0.25, 0.3) is 0 Å². The minimum Gasteiger partial charge on any atom is -0.370 e. The van der Waals surface area contributed by atoms with Gasteiger partial charge < -0.3 is 11.1 Å². The van der Waals surface area contributed by atoms with Crippen LogP contribution in [0.25, 0.3) is 0 Å². The van der Waals surface area contributed by atoms with E-state index >= 15 is 0 Å². The van der Waals surface area contributed by atoms with E-state index in [-0.39, 0.29) is 0 Å². The van der Waals surface area contributed by atoms with E-state index in [2.05, 4.69) is 10.3 Å². The van der Waals surface area contributed by atoms with Crippen molar-refractivity contribution in [2.45, 2.75) is 50.4 Å². The van der Waals surface area contributed by atoms with Crippen molar-refractivity contribution in [3.05, 3.63) is 35.4 Å². The van der Waals surface area contributed by atoms with Gasteiger partial charge in [0.15, 0.2) is 5.96 Å². The second-order valence-electron chi connectivity index (χ2n) is 5.71. The monoisotopic (exact) mass is 307 g/mol. The SMILES string of the molecule is CS(=O)Cc1ccc(CN=C(N)NC2CCCCC2)cc1. The fraction of sp³-hybridized carbons (Fsp3) is 0.562. The Morgan fingerprint density at radius 1 is 1.24 bits per heavy atom. The molecule has 3 N–H and O–H groups in total. The average Bonchev–Trinajstić information content (AvgIpc) is 2.47. The summed E-state index contributed by atoms with van der Waals surface area (Å²) < 4.78 is 11.2. The van der Waals surface area contributed by atoms with Gasteiger partial charge in [-0.25, -0.2) is 4.99 Å².